The summed E-state index contributed by atoms with van der Waals surface area (Å²) in [5.74, 6) is -0.429. The number of hydrogen-bond acceptors (Lipinski definition) is 5. The Bertz CT molecular complexity index is 917. The van der Waals surface area contributed by atoms with Crippen LogP contribution in [0.5, 0.6) is 0 Å². The van der Waals surface area contributed by atoms with E-state index in [1.807, 2.05) is 23.6 Å². The fraction of sp³-hybridized carbons (Fsp3) is 0.381. The molecule has 3 rings (SSSR count). The molecule has 2 aromatic rings. The standard InChI is InChI=1S/C21H24ClFN4O3/c1-14(16-3-6-18(23)7-4-16)24-21(28)15(2)25-9-11-26(12-10-25)19-8-5-17(22)13-20(19)27(29)30/h3-8,13-15H,9-12H2,1-2H3,(H,24,28)/t14-,15+/m1/s1. The van der Waals surface area contributed by atoms with Crippen LogP contribution in [0.15, 0.2) is 42.5 Å². The van der Waals surface area contributed by atoms with Crippen molar-refractivity contribution >= 4 is 28.9 Å². The van der Waals surface area contributed by atoms with Gasteiger partial charge in [0, 0.05) is 37.3 Å². The number of nitrogens with one attached hydrogen (secondary N) is 1. The van der Waals surface area contributed by atoms with Gasteiger partial charge < -0.3 is 10.2 Å². The van der Waals surface area contributed by atoms with E-state index in [-0.39, 0.29) is 29.5 Å². The van der Waals surface area contributed by atoms with Crippen LogP contribution in [0.1, 0.15) is 25.5 Å². The number of nitro benzene ring substituents is 1. The number of piperazine rings is 1. The Morgan fingerprint density at radius 2 is 1.77 bits per heavy atom. The van der Waals surface area contributed by atoms with Crippen LogP contribution in [0.3, 0.4) is 0 Å². The molecule has 2 aromatic carbocycles. The number of nitrogens with zero attached hydrogens (tertiary/aromatic N) is 3. The number of carbonyl (C=O) groups excluding carboxylic acids is 1. The van der Waals surface area contributed by atoms with Gasteiger partial charge in [0.15, 0.2) is 0 Å². The predicted octanol–water partition coefficient (Wildman–Crippen LogP) is 3.78. The third-order valence-electron chi connectivity index (χ3n) is 5.45. The molecule has 0 aromatic heterocycles. The van der Waals surface area contributed by atoms with E-state index in [0.29, 0.717) is 36.9 Å². The number of benzene rings is 2. The molecule has 1 heterocycles. The maximum absolute atomic E-state index is 13.1. The summed E-state index contributed by atoms with van der Waals surface area (Å²) in [6.45, 7) is 6.02. The number of hydrogen-bond donors (Lipinski definition) is 1. The monoisotopic (exact) mass is 434 g/mol. The second-order valence-electron chi connectivity index (χ2n) is 7.37. The van der Waals surface area contributed by atoms with E-state index in [2.05, 4.69) is 5.32 Å². The fourth-order valence-electron chi connectivity index (χ4n) is 3.59. The molecule has 0 saturated carbocycles. The van der Waals surface area contributed by atoms with E-state index >= 15 is 0 Å². The van der Waals surface area contributed by atoms with Gasteiger partial charge >= 0.3 is 0 Å². The normalized spacial score (nSPS) is 16.7. The molecule has 1 aliphatic heterocycles. The lowest BCUT2D eigenvalue weighted by Gasteiger charge is -2.38. The van der Waals surface area contributed by atoms with E-state index < -0.39 is 4.92 Å². The summed E-state index contributed by atoms with van der Waals surface area (Å²) < 4.78 is 13.1. The molecule has 2 atom stereocenters. The van der Waals surface area contributed by atoms with Crippen LogP contribution in [-0.2, 0) is 4.79 Å². The summed E-state index contributed by atoms with van der Waals surface area (Å²) in [7, 11) is 0. The molecule has 9 heteroatoms. The third-order valence-corrected chi connectivity index (χ3v) is 5.68. The number of amides is 1. The van der Waals surface area contributed by atoms with Crippen LogP contribution >= 0.6 is 11.6 Å². The quantitative estimate of drug-likeness (QED) is 0.553. The van der Waals surface area contributed by atoms with Crippen LogP contribution in [0.25, 0.3) is 0 Å². The smallest absolute Gasteiger partial charge is 0.294 e. The van der Waals surface area contributed by atoms with E-state index in [1.54, 1.807) is 24.3 Å². The van der Waals surface area contributed by atoms with Crippen molar-refractivity contribution in [1.29, 1.82) is 0 Å². The lowest BCUT2D eigenvalue weighted by atomic mass is 10.1. The average Bonchev–Trinajstić information content (AvgIpc) is 2.73. The van der Waals surface area contributed by atoms with Crippen LogP contribution in [0, 0.1) is 15.9 Å². The van der Waals surface area contributed by atoms with Crippen LogP contribution in [-0.4, -0.2) is 48.0 Å². The molecule has 1 fully saturated rings. The minimum Gasteiger partial charge on any atom is -0.363 e. The Balaban J connectivity index is 1.58. The van der Waals surface area contributed by atoms with Gasteiger partial charge in [-0.1, -0.05) is 23.7 Å². The van der Waals surface area contributed by atoms with Crippen molar-refractivity contribution < 1.29 is 14.1 Å². The first-order valence-corrected chi connectivity index (χ1v) is 10.1. The van der Waals surface area contributed by atoms with Crippen molar-refractivity contribution in [2.75, 3.05) is 31.1 Å². The number of nitro groups is 1. The Morgan fingerprint density at radius 1 is 1.13 bits per heavy atom. The molecule has 1 aliphatic rings. The summed E-state index contributed by atoms with van der Waals surface area (Å²) >= 11 is 5.90. The molecule has 1 saturated heterocycles. The van der Waals surface area contributed by atoms with Gasteiger partial charge in [0.1, 0.15) is 11.5 Å². The van der Waals surface area contributed by atoms with E-state index in [1.165, 1.54) is 18.2 Å². The topological polar surface area (TPSA) is 78.7 Å². The molecular formula is C21H24ClFN4O3. The molecule has 7 nitrogen and oxygen atoms in total. The Labute approximate surface area is 179 Å². The molecule has 1 N–H and O–H groups in total. The van der Waals surface area contributed by atoms with Gasteiger partial charge in [0.2, 0.25) is 5.91 Å². The van der Waals surface area contributed by atoms with E-state index in [4.69, 9.17) is 11.6 Å². The van der Waals surface area contributed by atoms with Crippen molar-refractivity contribution in [2.24, 2.45) is 0 Å². The number of halogens is 2. The van der Waals surface area contributed by atoms with Crippen molar-refractivity contribution in [1.82, 2.24) is 10.2 Å². The van der Waals surface area contributed by atoms with Crippen LogP contribution in [0.2, 0.25) is 5.02 Å². The van der Waals surface area contributed by atoms with Crippen molar-refractivity contribution in [3.63, 3.8) is 0 Å². The number of carbonyl (C=O) groups is 1. The molecule has 0 spiro atoms. The second-order valence-corrected chi connectivity index (χ2v) is 7.81. The molecule has 1 amide bonds. The van der Waals surface area contributed by atoms with Crippen molar-refractivity contribution in [3.8, 4) is 0 Å². The lowest BCUT2D eigenvalue weighted by molar-refractivity contribution is -0.384. The predicted molar refractivity (Wildman–Crippen MR) is 114 cm³/mol. The zero-order valence-electron chi connectivity index (χ0n) is 16.8. The first kappa shape index (κ1) is 22.0. The van der Waals surface area contributed by atoms with Crippen LogP contribution in [0.4, 0.5) is 15.8 Å². The molecule has 160 valence electrons. The minimum atomic E-state index is -0.430. The molecule has 30 heavy (non-hydrogen) atoms. The Hall–Kier alpha value is -2.71. The maximum atomic E-state index is 13.1. The highest BCUT2D eigenvalue weighted by molar-refractivity contribution is 6.30. The summed E-state index contributed by atoms with van der Waals surface area (Å²) in [6.07, 6.45) is 0. The number of rotatable bonds is 6. The lowest BCUT2D eigenvalue weighted by Crippen LogP contribution is -2.54. The van der Waals surface area contributed by atoms with Gasteiger partial charge in [0.05, 0.1) is 17.0 Å². The second kappa shape index (κ2) is 9.40. The SMILES string of the molecule is C[C@@H](NC(=O)[C@H](C)N1CCN(c2ccc(Cl)cc2[N+](=O)[O-])CC1)c1ccc(F)cc1. The third kappa shape index (κ3) is 5.06. The van der Waals surface area contributed by atoms with Gasteiger partial charge in [-0.05, 0) is 43.7 Å². The van der Waals surface area contributed by atoms with E-state index in [0.717, 1.165) is 5.56 Å². The fourth-order valence-corrected chi connectivity index (χ4v) is 3.76. The van der Waals surface area contributed by atoms with Gasteiger partial charge in [-0.25, -0.2) is 4.39 Å². The summed E-state index contributed by atoms with van der Waals surface area (Å²) in [5.41, 5.74) is 1.35. The van der Waals surface area contributed by atoms with Crippen LogP contribution < -0.4 is 10.2 Å². The van der Waals surface area contributed by atoms with E-state index in [9.17, 15) is 19.3 Å². The highest BCUT2D eigenvalue weighted by atomic mass is 35.5. The van der Waals surface area contributed by atoms with Crippen molar-refractivity contribution in [3.05, 3.63) is 69.0 Å². The number of anilines is 1. The van der Waals surface area contributed by atoms with Gasteiger partial charge in [-0.2, -0.15) is 0 Å². The first-order chi connectivity index (χ1) is 14.3. The highest BCUT2D eigenvalue weighted by Gasteiger charge is 2.29. The molecule has 0 bridgehead atoms. The first-order valence-electron chi connectivity index (χ1n) is 9.75. The summed E-state index contributed by atoms with van der Waals surface area (Å²) in [6, 6.07) is 10.1. The van der Waals surface area contributed by atoms with Crippen molar-refractivity contribution in [2.45, 2.75) is 25.9 Å². The maximum Gasteiger partial charge on any atom is 0.294 e. The molecule has 0 unspecified atom stereocenters. The average molecular weight is 435 g/mol. The van der Waals surface area contributed by atoms with Gasteiger partial charge in [0.25, 0.3) is 5.69 Å². The molecule has 0 radical (unpaired) electrons. The zero-order valence-corrected chi connectivity index (χ0v) is 17.6. The highest BCUT2D eigenvalue weighted by Crippen LogP contribution is 2.31. The minimum absolute atomic E-state index is 0.0186. The Morgan fingerprint density at radius 3 is 2.37 bits per heavy atom. The summed E-state index contributed by atoms with van der Waals surface area (Å²) in [4.78, 5) is 27.6. The largest absolute Gasteiger partial charge is 0.363 e. The molecular weight excluding hydrogens is 411 g/mol. The van der Waals surface area contributed by atoms with Gasteiger partial charge in [-0.15, -0.1) is 0 Å². The summed E-state index contributed by atoms with van der Waals surface area (Å²) in [5, 5.41) is 14.6. The zero-order chi connectivity index (χ0) is 21.8. The van der Waals surface area contributed by atoms with Gasteiger partial charge in [-0.3, -0.25) is 19.8 Å². The molecule has 0 aliphatic carbocycles. The Kier molecular flexibility index (Phi) is 6.89.